The second-order valence-corrected chi connectivity index (χ2v) is 7.37. The minimum atomic E-state index is -0.707. The first-order chi connectivity index (χ1) is 10.8. The zero-order chi connectivity index (χ0) is 18.7. The Hall–Kier alpha value is -2.44. The van der Waals surface area contributed by atoms with Crippen molar-refractivity contribution in [3.05, 3.63) is 39.4 Å². The average Bonchev–Trinajstić information content (AvgIpc) is 2.34. The van der Waals surface area contributed by atoms with E-state index in [9.17, 15) is 19.7 Å². The number of benzene rings is 1. The summed E-state index contributed by atoms with van der Waals surface area (Å²) < 4.78 is 10.4. The van der Waals surface area contributed by atoms with E-state index in [1.807, 2.05) is 0 Å². The molecule has 0 heterocycles. The molecule has 0 spiro atoms. The van der Waals surface area contributed by atoms with E-state index < -0.39 is 28.1 Å². The van der Waals surface area contributed by atoms with Crippen LogP contribution in [0.3, 0.4) is 0 Å². The van der Waals surface area contributed by atoms with Gasteiger partial charge in [-0.3, -0.25) is 14.9 Å². The number of ether oxygens (including phenoxy) is 2. The Bertz CT molecular complexity index is 652. The molecular weight excluding hydrogens is 314 g/mol. The van der Waals surface area contributed by atoms with Gasteiger partial charge in [0.25, 0.3) is 5.69 Å². The van der Waals surface area contributed by atoms with Crippen LogP contribution in [0, 0.1) is 10.1 Å². The summed E-state index contributed by atoms with van der Waals surface area (Å²) in [6.07, 6.45) is -0.248. The first-order valence-corrected chi connectivity index (χ1v) is 7.51. The Morgan fingerprint density at radius 3 is 2.04 bits per heavy atom. The van der Waals surface area contributed by atoms with Crippen LogP contribution in [0.5, 0.6) is 0 Å². The smallest absolute Gasteiger partial charge is 0.338 e. The topological polar surface area (TPSA) is 95.7 Å². The minimum absolute atomic E-state index is 0.0598. The number of hydrogen-bond donors (Lipinski definition) is 0. The summed E-state index contributed by atoms with van der Waals surface area (Å²) in [5.74, 6) is -1.23. The highest BCUT2D eigenvalue weighted by molar-refractivity contribution is 5.91. The number of carbonyl (C=O) groups excluding carboxylic acids is 2. The van der Waals surface area contributed by atoms with E-state index in [-0.39, 0.29) is 23.2 Å². The van der Waals surface area contributed by atoms with Crippen LogP contribution in [-0.4, -0.2) is 28.1 Å². The minimum Gasteiger partial charge on any atom is -0.460 e. The number of carbonyl (C=O) groups is 2. The predicted molar refractivity (Wildman–Crippen MR) is 87.8 cm³/mol. The molecule has 0 aliphatic rings. The van der Waals surface area contributed by atoms with E-state index in [1.54, 1.807) is 41.5 Å². The fourth-order valence-corrected chi connectivity index (χ4v) is 1.88. The second kappa shape index (κ2) is 6.98. The average molecular weight is 337 g/mol. The van der Waals surface area contributed by atoms with E-state index >= 15 is 0 Å². The van der Waals surface area contributed by atoms with E-state index in [0.717, 1.165) is 6.07 Å². The van der Waals surface area contributed by atoms with Crippen molar-refractivity contribution in [3.8, 4) is 0 Å². The van der Waals surface area contributed by atoms with Crippen molar-refractivity contribution < 1.29 is 24.0 Å². The van der Waals surface area contributed by atoms with Gasteiger partial charge in [0.15, 0.2) is 0 Å². The van der Waals surface area contributed by atoms with E-state index in [2.05, 4.69) is 0 Å². The Labute approximate surface area is 141 Å². The van der Waals surface area contributed by atoms with Gasteiger partial charge in [-0.15, -0.1) is 0 Å². The molecule has 0 aliphatic heterocycles. The summed E-state index contributed by atoms with van der Waals surface area (Å²) in [5, 5.41) is 11.2. The van der Waals surface area contributed by atoms with Gasteiger partial charge in [-0.1, -0.05) is 6.07 Å². The first-order valence-electron chi connectivity index (χ1n) is 7.51. The summed E-state index contributed by atoms with van der Waals surface area (Å²) in [6, 6.07) is 3.90. The third-order valence-corrected chi connectivity index (χ3v) is 2.67. The molecule has 0 aromatic heterocycles. The maximum absolute atomic E-state index is 12.0. The standard InChI is InChI=1S/C17H23NO6/c1-16(2,3)23-14(19)10-11-7-8-12(9-13(11)18(21)22)15(20)24-17(4,5)6/h7-9H,10H2,1-6H3. The Morgan fingerprint density at radius 1 is 1.04 bits per heavy atom. The molecule has 7 nitrogen and oxygen atoms in total. The van der Waals surface area contributed by atoms with Crippen molar-refractivity contribution in [1.29, 1.82) is 0 Å². The lowest BCUT2D eigenvalue weighted by Crippen LogP contribution is -2.25. The molecule has 132 valence electrons. The summed E-state index contributed by atoms with van der Waals surface area (Å²) in [6.45, 7) is 10.3. The fraction of sp³-hybridized carbons (Fsp3) is 0.529. The van der Waals surface area contributed by atoms with Crippen LogP contribution >= 0.6 is 0 Å². The molecule has 1 rings (SSSR count). The Morgan fingerprint density at radius 2 is 1.58 bits per heavy atom. The van der Waals surface area contributed by atoms with Gasteiger partial charge in [-0.2, -0.15) is 0 Å². The molecule has 0 fully saturated rings. The number of rotatable bonds is 4. The molecule has 24 heavy (non-hydrogen) atoms. The van der Waals surface area contributed by atoms with E-state index in [1.165, 1.54) is 12.1 Å². The first kappa shape index (κ1) is 19.6. The third kappa shape index (κ3) is 6.36. The highest BCUT2D eigenvalue weighted by Gasteiger charge is 2.24. The molecule has 7 heteroatoms. The lowest BCUT2D eigenvalue weighted by atomic mass is 10.1. The predicted octanol–water partition coefficient (Wildman–Crippen LogP) is 3.43. The normalized spacial score (nSPS) is 11.8. The molecular formula is C17H23NO6. The maximum Gasteiger partial charge on any atom is 0.338 e. The van der Waals surface area contributed by atoms with Gasteiger partial charge in [0.2, 0.25) is 0 Å². The largest absolute Gasteiger partial charge is 0.460 e. The number of esters is 2. The van der Waals surface area contributed by atoms with Crippen molar-refractivity contribution >= 4 is 17.6 Å². The van der Waals surface area contributed by atoms with Gasteiger partial charge < -0.3 is 9.47 Å². The summed E-state index contributed by atoms with van der Waals surface area (Å²) in [7, 11) is 0. The third-order valence-electron chi connectivity index (χ3n) is 2.67. The summed E-state index contributed by atoms with van der Waals surface area (Å²) >= 11 is 0. The molecule has 0 aliphatic carbocycles. The molecule has 0 amide bonds. The van der Waals surface area contributed by atoms with Gasteiger partial charge in [0.05, 0.1) is 16.9 Å². The van der Waals surface area contributed by atoms with Gasteiger partial charge in [-0.25, -0.2) is 4.79 Å². The van der Waals surface area contributed by atoms with Crippen LogP contribution in [0.25, 0.3) is 0 Å². The van der Waals surface area contributed by atoms with Crippen LogP contribution < -0.4 is 0 Å². The number of nitrogens with zero attached hydrogens (tertiary/aromatic N) is 1. The molecule has 0 saturated heterocycles. The van der Waals surface area contributed by atoms with Crippen LogP contribution in [0.4, 0.5) is 5.69 Å². The number of hydrogen-bond acceptors (Lipinski definition) is 6. The Kier molecular flexibility index (Phi) is 5.71. The molecule has 0 unspecified atom stereocenters. The second-order valence-electron chi connectivity index (χ2n) is 7.37. The summed E-state index contributed by atoms with van der Waals surface area (Å²) in [5.41, 5.74) is -1.46. The van der Waals surface area contributed by atoms with Gasteiger partial charge in [0, 0.05) is 11.6 Å². The number of nitro groups is 1. The van der Waals surface area contributed by atoms with Gasteiger partial charge >= 0.3 is 11.9 Å². The zero-order valence-corrected chi connectivity index (χ0v) is 14.8. The summed E-state index contributed by atoms with van der Waals surface area (Å²) in [4.78, 5) is 34.5. The molecule has 0 atom stereocenters. The molecule has 1 aromatic rings. The van der Waals surface area contributed by atoms with Crippen LogP contribution in [-0.2, 0) is 20.7 Å². The fourth-order valence-electron chi connectivity index (χ4n) is 1.88. The van der Waals surface area contributed by atoms with Crippen LogP contribution in [0.2, 0.25) is 0 Å². The van der Waals surface area contributed by atoms with Crippen molar-refractivity contribution in [2.75, 3.05) is 0 Å². The van der Waals surface area contributed by atoms with Gasteiger partial charge in [-0.05, 0) is 47.6 Å². The molecule has 0 bridgehead atoms. The quantitative estimate of drug-likeness (QED) is 0.474. The van der Waals surface area contributed by atoms with Crippen LogP contribution in [0.1, 0.15) is 57.5 Å². The zero-order valence-electron chi connectivity index (χ0n) is 14.8. The SMILES string of the molecule is CC(C)(C)OC(=O)Cc1ccc(C(=O)OC(C)(C)C)cc1[N+](=O)[O-]. The lowest BCUT2D eigenvalue weighted by Gasteiger charge is -2.20. The van der Waals surface area contributed by atoms with Crippen molar-refractivity contribution in [1.82, 2.24) is 0 Å². The Balaban J connectivity index is 3.06. The maximum atomic E-state index is 12.0. The highest BCUT2D eigenvalue weighted by atomic mass is 16.6. The van der Waals surface area contributed by atoms with Crippen molar-refractivity contribution in [3.63, 3.8) is 0 Å². The molecule has 0 N–H and O–H groups in total. The monoisotopic (exact) mass is 337 g/mol. The van der Waals surface area contributed by atoms with Crippen molar-refractivity contribution in [2.45, 2.75) is 59.2 Å². The van der Waals surface area contributed by atoms with E-state index in [0.29, 0.717) is 0 Å². The van der Waals surface area contributed by atoms with Crippen LogP contribution in [0.15, 0.2) is 18.2 Å². The lowest BCUT2D eigenvalue weighted by molar-refractivity contribution is -0.385. The molecule has 0 saturated carbocycles. The number of nitro benzene ring substituents is 1. The van der Waals surface area contributed by atoms with E-state index in [4.69, 9.17) is 9.47 Å². The highest BCUT2D eigenvalue weighted by Crippen LogP contribution is 2.23. The molecule has 0 radical (unpaired) electrons. The van der Waals surface area contributed by atoms with Crippen molar-refractivity contribution in [2.24, 2.45) is 0 Å². The molecule has 1 aromatic carbocycles. The van der Waals surface area contributed by atoms with Gasteiger partial charge in [0.1, 0.15) is 11.2 Å².